The highest BCUT2D eigenvalue weighted by molar-refractivity contribution is 5.15. The average molecular weight is 247 g/mol. The fourth-order valence-corrected chi connectivity index (χ4v) is 3.74. The van der Waals surface area contributed by atoms with E-state index in [1.807, 2.05) is 6.07 Å². The summed E-state index contributed by atoms with van der Waals surface area (Å²) in [5.41, 5.74) is 1.32. The van der Waals surface area contributed by atoms with Crippen LogP contribution in [0.15, 0.2) is 30.3 Å². The Morgan fingerprint density at radius 3 is 2.72 bits per heavy atom. The van der Waals surface area contributed by atoms with Crippen LogP contribution in [0.25, 0.3) is 0 Å². The van der Waals surface area contributed by atoms with Crippen LogP contribution < -0.4 is 0 Å². The lowest BCUT2D eigenvalue weighted by Gasteiger charge is -2.45. The van der Waals surface area contributed by atoms with Gasteiger partial charge in [0.15, 0.2) is 0 Å². The number of piperidine rings is 1. The third kappa shape index (κ3) is 2.59. The molecule has 1 saturated carbocycles. The van der Waals surface area contributed by atoms with Crippen LogP contribution in [-0.2, 0) is 6.54 Å². The lowest BCUT2D eigenvalue weighted by molar-refractivity contribution is 0.00970. The maximum atomic E-state index is 13.9. The highest BCUT2D eigenvalue weighted by Gasteiger charge is 2.37. The van der Waals surface area contributed by atoms with Gasteiger partial charge in [-0.05, 0) is 30.7 Å². The van der Waals surface area contributed by atoms with Crippen LogP contribution in [0.5, 0.6) is 0 Å². The van der Waals surface area contributed by atoms with Crippen molar-refractivity contribution >= 4 is 0 Å². The summed E-state index contributed by atoms with van der Waals surface area (Å²) < 4.78 is 13.9. The molecule has 1 nitrogen and oxygen atoms in total. The van der Waals surface area contributed by atoms with Crippen LogP contribution in [0.3, 0.4) is 0 Å². The maximum absolute atomic E-state index is 13.9. The highest BCUT2D eigenvalue weighted by Crippen LogP contribution is 2.36. The first-order valence-corrected chi connectivity index (χ1v) is 7.25. The molecule has 0 unspecified atom stereocenters. The van der Waals surface area contributed by atoms with Crippen LogP contribution in [0.4, 0.5) is 4.39 Å². The Kier molecular flexibility index (Phi) is 3.64. The quantitative estimate of drug-likeness (QED) is 0.768. The van der Waals surface area contributed by atoms with E-state index in [-0.39, 0.29) is 0 Å². The molecule has 3 rings (SSSR count). The van der Waals surface area contributed by atoms with Gasteiger partial charge in [0.1, 0.15) is 6.17 Å². The molecule has 3 atom stereocenters. The number of fused-ring (bicyclic) bond motifs is 1. The van der Waals surface area contributed by atoms with E-state index in [0.29, 0.717) is 18.5 Å². The number of likely N-dealkylation sites (tertiary alicyclic amines) is 1. The average Bonchev–Trinajstić information content (AvgIpc) is 2.40. The van der Waals surface area contributed by atoms with Crippen molar-refractivity contribution in [1.82, 2.24) is 4.90 Å². The molecule has 0 bridgehead atoms. The summed E-state index contributed by atoms with van der Waals surface area (Å²) in [5.74, 6) is 0.603. The van der Waals surface area contributed by atoms with Gasteiger partial charge in [0.05, 0.1) is 0 Å². The summed E-state index contributed by atoms with van der Waals surface area (Å²) in [6, 6.07) is 11.1. The molecule has 2 fully saturated rings. The molecule has 0 spiro atoms. The third-order valence-corrected chi connectivity index (χ3v) is 4.56. The van der Waals surface area contributed by atoms with Gasteiger partial charge in [0.25, 0.3) is 0 Å². The van der Waals surface area contributed by atoms with E-state index in [1.54, 1.807) is 0 Å². The lowest BCUT2D eigenvalue weighted by Crippen LogP contribution is -2.50. The Bertz CT molecular complexity index is 378. The molecular formula is C16H22FN. The smallest absolute Gasteiger partial charge is 0.113 e. The Labute approximate surface area is 109 Å². The van der Waals surface area contributed by atoms with E-state index < -0.39 is 6.17 Å². The van der Waals surface area contributed by atoms with Gasteiger partial charge in [-0.1, -0.05) is 43.2 Å². The molecule has 1 saturated heterocycles. The molecule has 2 heteroatoms. The number of nitrogens with zero attached hydrogens (tertiary/aromatic N) is 1. The van der Waals surface area contributed by atoms with E-state index in [2.05, 4.69) is 29.2 Å². The standard InChI is InChI=1S/C16H22FN/c17-15-10-14-8-4-5-9-16(14)18(12-15)11-13-6-2-1-3-7-13/h1-3,6-7,14-16H,4-5,8-12H2/t14-,15+,16+/m0/s1. The van der Waals surface area contributed by atoms with Crippen molar-refractivity contribution in [2.24, 2.45) is 5.92 Å². The van der Waals surface area contributed by atoms with Crippen molar-refractivity contribution < 1.29 is 4.39 Å². The molecule has 1 aromatic rings. The van der Waals surface area contributed by atoms with Gasteiger partial charge >= 0.3 is 0 Å². The van der Waals surface area contributed by atoms with Crippen LogP contribution in [0, 0.1) is 5.92 Å². The first-order chi connectivity index (χ1) is 8.83. The SMILES string of the molecule is F[C@@H]1C[C@@H]2CCCC[C@H]2N(Cc2ccccc2)C1. The van der Waals surface area contributed by atoms with Crippen LogP contribution in [0.2, 0.25) is 0 Å². The van der Waals surface area contributed by atoms with Crippen molar-refractivity contribution in [3.05, 3.63) is 35.9 Å². The third-order valence-electron chi connectivity index (χ3n) is 4.56. The minimum absolute atomic E-state index is 0.603. The second-order valence-electron chi connectivity index (χ2n) is 5.86. The molecule has 0 amide bonds. The van der Waals surface area contributed by atoms with E-state index in [1.165, 1.54) is 31.2 Å². The van der Waals surface area contributed by atoms with E-state index >= 15 is 0 Å². The number of alkyl halides is 1. The van der Waals surface area contributed by atoms with Crippen LogP contribution >= 0.6 is 0 Å². The van der Waals surface area contributed by atoms with Crippen molar-refractivity contribution in [3.8, 4) is 0 Å². The van der Waals surface area contributed by atoms with Gasteiger partial charge in [-0.2, -0.15) is 0 Å². The van der Waals surface area contributed by atoms with E-state index in [4.69, 9.17) is 0 Å². The van der Waals surface area contributed by atoms with Gasteiger partial charge in [0.2, 0.25) is 0 Å². The van der Waals surface area contributed by atoms with Gasteiger partial charge < -0.3 is 0 Å². The molecule has 98 valence electrons. The van der Waals surface area contributed by atoms with E-state index in [0.717, 1.165) is 13.0 Å². The molecule has 18 heavy (non-hydrogen) atoms. The monoisotopic (exact) mass is 247 g/mol. The zero-order valence-corrected chi connectivity index (χ0v) is 10.9. The molecule has 0 N–H and O–H groups in total. The largest absolute Gasteiger partial charge is 0.293 e. The highest BCUT2D eigenvalue weighted by atomic mass is 19.1. The Morgan fingerprint density at radius 1 is 1.11 bits per heavy atom. The topological polar surface area (TPSA) is 3.24 Å². The fraction of sp³-hybridized carbons (Fsp3) is 0.625. The lowest BCUT2D eigenvalue weighted by atomic mass is 9.77. The Balaban J connectivity index is 1.72. The number of halogens is 1. The summed E-state index contributed by atoms with van der Waals surface area (Å²) in [6.07, 6.45) is 5.31. The molecule has 1 aromatic carbocycles. The van der Waals surface area contributed by atoms with E-state index in [9.17, 15) is 4.39 Å². The van der Waals surface area contributed by atoms with Crippen molar-refractivity contribution in [2.75, 3.05) is 6.54 Å². The molecular weight excluding hydrogens is 225 g/mol. The second kappa shape index (κ2) is 5.40. The van der Waals surface area contributed by atoms with Crippen molar-refractivity contribution in [3.63, 3.8) is 0 Å². The predicted molar refractivity (Wildman–Crippen MR) is 72.1 cm³/mol. The first kappa shape index (κ1) is 12.2. The summed E-state index contributed by atoms with van der Waals surface area (Å²) >= 11 is 0. The van der Waals surface area contributed by atoms with Crippen molar-refractivity contribution in [1.29, 1.82) is 0 Å². The van der Waals surface area contributed by atoms with Gasteiger partial charge in [-0.25, -0.2) is 4.39 Å². The molecule has 1 heterocycles. The minimum Gasteiger partial charge on any atom is -0.293 e. The predicted octanol–water partition coefficient (Wildman–Crippen LogP) is 3.79. The Morgan fingerprint density at radius 2 is 1.89 bits per heavy atom. The molecule has 1 aliphatic carbocycles. The number of rotatable bonds is 2. The normalized spacial score (nSPS) is 33.1. The molecule has 1 aliphatic heterocycles. The minimum atomic E-state index is -0.618. The van der Waals surface area contributed by atoms with Crippen molar-refractivity contribution in [2.45, 2.75) is 50.9 Å². The first-order valence-electron chi connectivity index (χ1n) is 7.25. The molecule has 0 radical (unpaired) electrons. The summed E-state index contributed by atoms with van der Waals surface area (Å²) in [7, 11) is 0. The second-order valence-corrected chi connectivity index (χ2v) is 5.86. The van der Waals surface area contributed by atoms with Gasteiger partial charge in [-0.15, -0.1) is 0 Å². The number of hydrogen-bond donors (Lipinski definition) is 0. The van der Waals surface area contributed by atoms with Crippen LogP contribution in [-0.4, -0.2) is 23.7 Å². The molecule has 2 aliphatic rings. The zero-order chi connectivity index (χ0) is 12.4. The maximum Gasteiger partial charge on any atom is 0.113 e. The van der Waals surface area contributed by atoms with Crippen LogP contribution in [0.1, 0.15) is 37.7 Å². The zero-order valence-electron chi connectivity index (χ0n) is 10.9. The fourth-order valence-electron chi connectivity index (χ4n) is 3.74. The summed E-state index contributed by atoms with van der Waals surface area (Å²) in [5, 5.41) is 0. The summed E-state index contributed by atoms with van der Waals surface area (Å²) in [6.45, 7) is 1.55. The number of hydrogen-bond acceptors (Lipinski definition) is 1. The Hall–Kier alpha value is -0.890. The van der Waals surface area contributed by atoms with Gasteiger partial charge in [0, 0.05) is 19.1 Å². The number of benzene rings is 1. The van der Waals surface area contributed by atoms with Gasteiger partial charge in [-0.3, -0.25) is 4.90 Å². The summed E-state index contributed by atoms with van der Waals surface area (Å²) in [4.78, 5) is 2.40. The molecule has 0 aromatic heterocycles.